The molecule has 2 atom stereocenters. The zero-order valence-corrected chi connectivity index (χ0v) is 21.1. The summed E-state index contributed by atoms with van der Waals surface area (Å²) >= 11 is 7.52. The highest BCUT2D eigenvalue weighted by atomic mass is 35.5. The summed E-state index contributed by atoms with van der Waals surface area (Å²) in [5, 5.41) is 3.52. The number of nitrogens with one attached hydrogen (secondary N) is 1. The number of aromatic nitrogens is 1. The van der Waals surface area contributed by atoms with Crippen LogP contribution >= 0.6 is 22.9 Å². The van der Waals surface area contributed by atoms with E-state index in [0.717, 1.165) is 42.3 Å². The molecule has 0 bridgehead atoms. The average Bonchev–Trinajstić information content (AvgIpc) is 3.46. The summed E-state index contributed by atoms with van der Waals surface area (Å²) in [6.07, 6.45) is 0.678. The van der Waals surface area contributed by atoms with Crippen LogP contribution in [-0.4, -0.2) is 48.0 Å². The topological polar surface area (TPSA) is 48.5 Å². The minimum absolute atomic E-state index is 0.00246. The first-order chi connectivity index (χ1) is 16.2. The fourth-order valence-electron chi connectivity index (χ4n) is 4.26. The molecule has 1 amide bonds. The lowest BCUT2D eigenvalue weighted by atomic mass is 10.1. The van der Waals surface area contributed by atoms with Gasteiger partial charge in [-0.3, -0.25) is 4.79 Å². The van der Waals surface area contributed by atoms with E-state index in [0.29, 0.717) is 38.0 Å². The van der Waals surface area contributed by atoms with Crippen LogP contribution in [0, 0.1) is 5.92 Å². The van der Waals surface area contributed by atoms with Gasteiger partial charge < -0.3 is 15.1 Å². The van der Waals surface area contributed by atoms with Crippen molar-refractivity contribution in [3.8, 4) is 0 Å². The minimum atomic E-state index is -4.39. The molecule has 188 valence electrons. The van der Waals surface area contributed by atoms with E-state index in [4.69, 9.17) is 11.6 Å². The quantitative estimate of drug-likeness (QED) is 0.542. The molecule has 1 aliphatic carbocycles. The maximum atomic E-state index is 13.0. The van der Waals surface area contributed by atoms with Crippen molar-refractivity contribution in [2.45, 2.75) is 58.3 Å². The van der Waals surface area contributed by atoms with Crippen molar-refractivity contribution in [1.29, 1.82) is 0 Å². The first-order valence-electron chi connectivity index (χ1n) is 11.8. The number of hydrogen-bond donors (Lipinski definition) is 1. The van der Waals surface area contributed by atoms with E-state index in [1.54, 1.807) is 11.3 Å². The number of alkyl halides is 3. The number of hydrogen-bond acceptors (Lipinski definition) is 5. The van der Waals surface area contributed by atoms with Crippen molar-refractivity contribution in [2.24, 2.45) is 5.92 Å². The Hall–Kier alpha value is -1.84. The van der Waals surface area contributed by atoms with Crippen LogP contribution in [0.2, 0.25) is 4.34 Å². The minimum Gasteiger partial charge on any atom is -0.353 e. The van der Waals surface area contributed by atoms with Crippen LogP contribution in [0.4, 0.5) is 19.0 Å². The largest absolute Gasteiger partial charge is 0.416 e. The number of halogens is 4. The molecular formula is C24H32ClF3N4OS. The fourth-order valence-corrected chi connectivity index (χ4v) is 5.30. The highest BCUT2D eigenvalue weighted by Crippen LogP contribution is 2.32. The van der Waals surface area contributed by atoms with Gasteiger partial charge in [-0.2, -0.15) is 13.2 Å². The van der Waals surface area contributed by atoms with Crippen molar-refractivity contribution in [3.05, 3.63) is 45.2 Å². The smallest absolute Gasteiger partial charge is 0.353 e. The van der Waals surface area contributed by atoms with Gasteiger partial charge in [0.25, 0.3) is 0 Å². The fraction of sp³-hybridized carbons (Fsp3) is 0.583. The molecule has 3 heterocycles. The molecule has 1 saturated heterocycles. The summed E-state index contributed by atoms with van der Waals surface area (Å²) in [5.41, 5.74) is -0.703. The molecule has 2 aliphatic rings. The zero-order valence-electron chi connectivity index (χ0n) is 19.6. The van der Waals surface area contributed by atoms with E-state index >= 15 is 0 Å². The number of pyridine rings is 1. The molecule has 4 rings (SSSR count). The van der Waals surface area contributed by atoms with E-state index in [2.05, 4.69) is 24.1 Å². The number of carbonyl (C=O) groups excluding carboxylic acids is 1. The Kier molecular flexibility index (Phi) is 9.62. The summed E-state index contributed by atoms with van der Waals surface area (Å²) in [6, 6.07) is 6.26. The second-order valence-corrected chi connectivity index (χ2v) is 10.5. The van der Waals surface area contributed by atoms with E-state index in [1.807, 2.05) is 21.9 Å². The lowest BCUT2D eigenvalue weighted by Crippen LogP contribution is -2.50. The molecule has 0 spiro atoms. The lowest BCUT2D eigenvalue weighted by Gasteiger charge is -2.36. The number of piperazine rings is 1. The molecule has 2 aromatic rings. The van der Waals surface area contributed by atoms with E-state index < -0.39 is 11.7 Å². The van der Waals surface area contributed by atoms with Crippen molar-refractivity contribution < 1.29 is 18.0 Å². The molecule has 1 N–H and O–H groups in total. The second kappa shape index (κ2) is 12.2. The zero-order chi connectivity index (χ0) is 24.7. The number of nitrogens with zero attached hydrogens (tertiary/aromatic N) is 3. The molecule has 5 nitrogen and oxygen atoms in total. The Balaban J connectivity index is 0.00000103. The molecule has 1 aliphatic heterocycles. The predicted molar refractivity (Wildman–Crippen MR) is 131 cm³/mol. The third-order valence-corrected chi connectivity index (χ3v) is 7.19. The van der Waals surface area contributed by atoms with Crippen LogP contribution in [0.5, 0.6) is 0 Å². The Labute approximate surface area is 208 Å². The average molecular weight is 517 g/mol. The Morgan fingerprint density at radius 1 is 1.18 bits per heavy atom. The first kappa shape index (κ1) is 26.8. The van der Waals surface area contributed by atoms with Gasteiger partial charge in [0, 0.05) is 55.8 Å². The molecule has 0 radical (unpaired) electrons. The van der Waals surface area contributed by atoms with Crippen molar-refractivity contribution >= 4 is 34.7 Å². The number of amides is 1. The van der Waals surface area contributed by atoms with Crippen LogP contribution in [0.25, 0.3) is 0 Å². The van der Waals surface area contributed by atoms with Gasteiger partial charge in [0.15, 0.2) is 0 Å². The van der Waals surface area contributed by atoms with Gasteiger partial charge in [-0.1, -0.05) is 31.9 Å². The van der Waals surface area contributed by atoms with E-state index in [1.165, 1.54) is 17.5 Å². The van der Waals surface area contributed by atoms with Gasteiger partial charge in [-0.15, -0.1) is 11.3 Å². The highest BCUT2D eigenvalue weighted by molar-refractivity contribution is 7.16. The standard InChI is InChI=1S/C21H24ClF3N4OS.C3H8/c22-18-4-3-17(31-18)13-27-16-2-1-14(11-16)20(30)29-9-7-28(8-10-29)19-12-15(5-6-26-19)21(23,24)25;1-3-2/h3-6,12,14,16,27H,1-2,7-11,13H2;3H2,1-2H3. The Morgan fingerprint density at radius 2 is 1.88 bits per heavy atom. The monoisotopic (exact) mass is 516 g/mol. The van der Waals surface area contributed by atoms with Crippen LogP contribution in [-0.2, 0) is 17.5 Å². The molecule has 2 fully saturated rings. The van der Waals surface area contributed by atoms with Gasteiger partial charge in [-0.05, 0) is 43.5 Å². The predicted octanol–water partition coefficient (Wildman–Crippen LogP) is 5.84. The molecular weight excluding hydrogens is 485 g/mol. The third kappa shape index (κ3) is 7.33. The van der Waals surface area contributed by atoms with Crippen LogP contribution < -0.4 is 10.2 Å². The number of anilines is 1. The Bertz CT molecular complexity index is 931. The third-order valence-electron chi connectivity index (χ3n) is 5.96. The molecule has 1 saturated carbocycles. The summed E-state index contributed by atoms with van der Waals surface area (Å²) in [7, 11) is 0. The SMILES string of the molecule is CCC.O=C(C1CCC(NCc2ccc(Cl)s2)C1)N1CCN(c2cc(C(F)(F)F)ccn2)CC1. The lowest BCUT2D eigenvalue weighted by molar-refractivity contribution is -0.137. The number of carbonyl (C=O) groups is 1. The first-order valence-corrected chi connectivity index (χ1v) is 12.9. The molecule has 0 aromatic carbocycles. The summed E-state index contributed by atoms with van der Waals surface area (Å²) in [6.45, 7) is 6.96. The highest BCUT2D eigenvalue weighted by Gasteiger charge is 2.35. The van der Waals surface area contributed by atoms with Gasteiger partial charge in [-0.25, -0.2) is 4.98 Å². The molecule has 34 heavy (non-hydrogen) atoms. The van der Waals surface area contributed by atoms with Gasteiger partial charge in [0.05, 0.1) is 9.90 Å². The van der Waals surface area contributed by atoms with Gasteiger partial charge in [0.1, 0.15) is 5.82 Å². The van der Waals surface area contributed by atoms with E-state index in [9.17, 15) is 18.0 Å². The summed E-state index contributed by atoms with van der Waals surface area (Å²) in [4.78, 5) is 21.9. The summed E-state index contributed by atoms with van der Waals surface area (Å²) in [5.74, 6) is 0.462. The van der Waals surface area contributed by atoms with Gasteiger partial charge >= 0.3 is 6.18 Å². The normalized spacial score (nSPS) is 20.8. The second-order valence-electron chi connectivity index (χ2n) is 8.71. The van der Waals surface area contributed by atoms with Crippen LogP contribution in [0.3, 0.4) is 0 Å². The van der Waals surface area contributed by atoms with Crippen LogP contribution in [0.15, 0.2) is 30.5 Å². The molecule has 2 unspecified atom stereocenters. The number of thiophene rings is 1. The van der Waals surface area contributed by atoms with Crippen molar-refractivity contribution in [1.82, 2.24) is 15.2 Å². The Morgan fingerprint density at radius 3 is 2.50 bits per heavy atom. The van der Waals surface area contributed by atoms with Gasteiger partial charge in [0.2, 0.25) is 5.91 Å². The molecule has 2 aromatic heterocycles. The molecule has 10 heteroatoms. The van der Waals surface area contributed by atoms with Crippen LogP contribution in [0.1, 0.15) is 50.0 Å². The number of rotatable bonds is 5. The van der Waals surface area contributed by atoms with Crippen molar-refractivity contribution in [2.75, 3.05) is 31.1 Å². The van der Waals surface area contributed by atoms with E-state index in [-0.39, 0.29) is 11.8 Å². The summed E-state index contributed by atoms with van der Waals surface area (Å²) < 4.78 is 39.6. The maximum absolute atomic E-state index is 13.0. The maximum Gasteiger partial charge on any atom is 0.416 e. The van der Waals surface area contributed by atoms with Crippen molar-refractivity contribution in [3.63, 3.8) is 0 Å².